The lowest BCUT2D eigenvalue weighted by atomic mass is 9.80. The van der Waals surface area contributed by atoms with Crippen molar-refractivity contribution in [3.05, 3.63) is 0 Å². The van der Waals surface area contributed by atoms with Gasteiger partial charge in [-0.25, -0.2) is 0 Å². The maximum absolute atomic E-state index is 10.1. The number of hydrogen-bond acceptors (Lipinski definition) is 4. The van der Waals surface area contributed by atoms with Crippen LogP contribution in [0.15, 0.2) is 0 Å². The third kappa shape index (κ3) is 3.44. The first-order valence-electron chi connectivity index (χ1n) is 7.24. The van der Waals surface area contributed by atoms with Crippen molar-refractivity contribution in [2.24, 2.45) is 11.8 Å². The van der Waals surface area contributed by atoms with Crippen LogP contribution < -0.4 is 0 Å². The van der Waals surface area contributed by atoms with Gasteiger partial charge in [0, 0.05) is 19.1 Å². The molecule has 2 fully saturated rings. The van der Waals surface area contributed by atoms with Gasteiger partial charge in [-0.05, 0) is 38.0 Å². The average molecular weight is 257 g/mol. The minimum absolute atomic E-state index is 0.0562. The highest BCUT2D eigenvalue weighted by Gasteiger charge is 2.32. The van der Waals surface area contributed by atoms with Crippen molar-refractivity contribution in [3.63, 3.8) is 0 Å². The molecule has 1 saturated carbocycles. The number of rotatable bonds is 3. The lowest BCUT2D eigenvalue weighted by Gasteiger charge is -2.42. The molecule has 1 heterocycles. The predicted molar refractivity (Wildman–Crippen MR) is 70.4 cm³/mol. The minimum atomic E-state index is -0.149. The van der Waals surface area contributed by atoms with Gasteiger partial charge in [0.05, 0.1) is 25.4 Å². The van der Waals surface area contributed by atoms with E-state index >= 15 is 0 Å². The Bertz CT molecular complexity index is 261. The van der Waals surface area contributed by atoms with E-state index in [0.717, 1.165) is 38.3 Å². The molecule has 2 N–H and O–H groups in total. The topological polar surface area (TPSA) is 52.9 Å². The summed E-state index contributed by atoms with van der Waals surface area (Å²) >= 11 is 0. The van der Waals surface area contributed by atoms with Crippen LogP contribution in [-0.4, -0.2) is 59.7 Å². The Hall–Kier alpha value is -0.160. The van der Waals surface area contributed by atoms with Crippen LogP contribution in [0.25, 0.3) is 0 Å². The molecule has 4 nitrogen and oxygen atoms in total. The van der Waals surface area contributed by atoms with E-state index in [1.807, 2.05) is 0 Å². The molecule has 0 aromatic rings. The van der Waals surface area contributed by atoms with Crippen LogP contribution in [0.4, 0.5) is 0 Å². The van der Waals surface area contributed by atoms with Crippen molar-refractivity contribution < 1.29 is 14.9 Å². The van der Waals surface area contributed by atoms with Gasteiger partial charge < -0.3 is 14.9 Å². The quantitative estimate of drug-likeness (QED) is 0.787. The molecule has 2 aliphatic rings. The van der Waals surface area contributed by atoms with Crippen LogP contribution in [0.5, 0.6) is 0 Å². The molecule has 2 rings (SSSR count). The number of ether oxygens (including phenoxy) is 1. The molecule has 5 atom stereocenters. The number of aliphatic hydroxyl groups excluding tert-OH is 2. The van der Waals surface area contributed by atoms with Crippen molar-refractivity contribution >= 4 is 0 Å². The summed E-state index contributed by atoms with van der Waals surface area (Å²) in [5, 5.41) is 19.3. The van der Waals surface area contributed by atoms with E-state index in [2.05, 4.69) is 18.7 Å². The standard InChI is InChI=1S/C14H27NO3/c1-10-3-4-14(17)12(5-10)6-15-7-13(8-16)18-9-11(15)2/h10-14,16-17H,3-9H2,1-2H3. The summed E-state index contributed by atoms with van der Waals surface area (Å²) in [4.78, 5) is 2.37. The Balaban J connectivity index is 1.89. The summed E-state index contributed by atoms with van der Waals surface area (Å²) in [6.45, 7) is 6.93. The second-order valence-electron chi connectivity index (χ2n) is 6.19. The fourth-order valence-corrected chi connectivity index (χ4v) is 3.22. The first-order chi connectivity index (χ1) is 8.60. The molecule has 0 aromatic heterocycles. The smallest absolute Gasteiger partial charge is 0.0933 e. The van der Waals surface area contributed by atoms with Gasteiger partial charge in [0.15, 0.2) is 0 Å². The monoisotopic (exact) mass is 257 g/mol. The van der Waals surface area contributed by atoms with E-state index in [1.54, 1.807) is 0 Å². The zero-order valence-electron chi connectivity index (χ0n) is 11.6. The molecule has 0 bridgehead atoms. The molecule has 0 aromatic carbocycles. The van der Waals surface area contributed by atoms with Crippen molar-refractivity contribution in [2.45, 2.75) is 51.4 Å². The number of hydrogen-bond donors (Lipinski definition) is 2. The molecule has 1 aliphatic heterocycles. The van der Waals surface area contributed by atoms with Gasteiger partial charge in [-0.3, -0.25) is 4.90 Å². The summed E-state index contributed by atoms with van der Waals surface area (Å²) in [5.41, 5.74) is 0. The highest BCUT2D eigenvalue weighted by Crippen LogP contribution is 2.30. The molecule has 0 spiro atoms. The largest absolute Gasteiger partial charge is 0.394 e. The molecule has 4 heteroatoms. The van der Waals surface area contributed by atoms with Crippen molar-refractivity contribution in [3.8, 4) is 0 Å². The van der Waals surface area contributed by atoms with Gasteiger partial charge in [0.2, 0.25) is 0 Å². The van der Waals surface area contributed by atoms with Gasteiger partial charge in [-0.2, -0.15) is 0 Å². The summed E-state index contributed by atoms with van der Waals surface area (Å²) in [5.74, 6) is 1.11. The molecule has 1 saturated heterocycles. The Labute approximate surface area is 110 Å². The lowest BCUT2D eigenvalue weighted by Crippen LogP contribution is -2.52. The van der Waals surface area contributed by atoms with Gasteiger partial charge in [-0.1, -0.05) is 6.92 Å². The van der Waals surface area contributed by atoms with E-state index in [-0.39, 0.29) is 18.8 Å². The highest BCUT2D eigenvalue weighted by atomic mass is 16.5. The van der Waals surface area contributed by atoms with Crippen LogP contribution in [0, 0.1) is 11.8 Å². The first-order valence-corrected chi connectivity index (χ1v) is 7.24. The normalized spacial score (nSPS) is 43.0. The van der Waals surface area contributed by atoms with Gasteiger partial charge in [-0.15, -0.1) is 0 Å². The molecule has 18 heavy (non-hydrogen) atoms. The van der Waals surface area contributed by atoms with Crippen LogP contribution in [-0.2, 0) is 4.74 Å². The number of morpholine rings is 1. The Morgan fingerprint density at radius 2 is 2.06 bits per heavy atom. The third-order valence-electron chi connectivity index (χ3n) is 4.51. The molecule has 106 valence electrons. The minimum Gasteiger partial charge on any atom is -0.394 e. The van der Waals surface area contributed by atoms with E-state index in [9.17, 15) is 10.2 Å². The van der Waals surface area contributed by atoms with Crippen molar-refractivity contribution in [2.75, 3.05) is 26.3 Å². The van der Waals surface area contributed by atoms with Crippen LogP contribution in [0.1, 0.15) is 33.1 Å². The molecule has 1 aliphatic carbocycles. The van der Waals surface area contributed by atoms with E-state index < -0.39 is 0 Å². The zero-order chi connectivity index (χ0) is 13.1. The van der Waals surface area contributed by atoms with E-state index in [1.165, 1.54) is 0 Å². The third-order valence-corrected chi connectivity index (χ3v) is 4.51. The second-order valence-corrected chi connectivity index (χ2v) is 6.19. The Morgan fingerprint density at radius 1 is 1.28 bits per heavy atom. The maximum Gasteiger partial charge on any atom is 0.0933 e. The Kier molecular flexibility index (Phi) is 5.01. The summed E-state index contributed by atoms with van der Waals surface area (Å²) in [7, 11) is 0. The number of nitrogens with zero attached hydrogens (tertiary/aromatic N) is 1. The van der Waals surface area contributed by atoms with Crippen LogP contribution in [0.3, 0.4) is 0 Å². The fourth-order valence-electron chi connectivity index (χ4n) is 3.22. The van der Waals surface area contributed by atoms with Crippen molar-refractivity contribution in [1.82, 2.24) is 4.90 Å². The van der Waals surface area contributed by atoms with Gasteiger partial charge in [0.1, 0.15) is 0 Å². The predicted octanol–water partition coefficient (Wildman–Crippen LogP) is 0.865. The van der Waals surface area contributed by atoms with Crippen molar-refractivity contribution in [1.29, 1.82) is 0 Å². The van der Waals surface area contributed by atoms with E-state index in [0.29, 0.717) is 18.6 Å². The highest BCUT2D eigenvalue weighted by molar-refractivity contribution is 4.84. The molecule has 0 radical (unpaired) electrons. The van der Waals surface area contributed by atoms with Gasteiger partial charge in [0.25, 0.3) is 0 Å². The first kappa shape index (κ1) is 14.3. The molecule has 0 amide bonds. The fraction of sp³-hybridized carbons (Fsp3) is 1.00. The molecular formula is C14H27NO3. The zero-order valence-corrected chi connectivity index (χ0v) is 11.6. The van der Waals surface area contributed by atoms with E-state index in [4.69, 9.17) is 4.74 Å². The van der Waals surface area contributed by atoms with Crippen LogP contribution in [0.2, 0.25) is 0 Å². The lowest BCUT2D eigenvalue weighted by molar-refractivity contribution is -0.0898. The maximum atomic E-state index is 10.1. The summed E-state index contributed by atoms with van der Waals surface area (Å²) in [6, 6.07) is 0.386. The summed E-state index contributed by atoms with van der Waals surface area (Å²) in [6.07, 6.45) is 3.00. The van der Waals surface area contributed by atoms with Gasteiger partial charge >= 0.3 is 0 Å². The second kappa shape index (κ2) is 6.33. The Morgan fingerprint density at radius 3 is 2.78 bits per heavy atom. The SMILES string of the molecule is CC1CCC(O)C(CN2CC(CO)OCC2C)C1. The number of aliphatic hydroxyl groups is 2. The molecule has 5 unspecified atom stereocenters. The summed E-state index contributed by atoms with van der Waals surface area (Å²) < 4.78 is 5.55. The van der Waals surface area contributed by atoms with Crippen LogP contribution >= 0.6 is 0 Å². The molecular weight excluding hydrogens is 230 g/mol. The average Bonchev–Trinajstić information content (AvgIpc) is 2.36.